The van der Waals surface area contributed by atoms with Crippen LogP contribution >= 0.6 is 0 Å². The molecule has 0 unspecified atom stereocenters. The molecular formula is C21H21BrN2O. The standard InChI is InChI=1S/C21H20N2O.BrH/c1-16-9-8-10-17(2)21(16)22-20(24)15-23-14-7-6-13-19(23)18-11-4-3-5-12-18;/h3-14H,15H2,1-2H3;1H. The molecule has 1 amide bonds. The summed E-state index contributed by atoms with van der Waals surface area (Å²) in [6, 6.07) is 22.1. The van der Waals surface area contributed by atoms with E-state index in [1.54, 1.807) is 0 Å². The molecule has 0 fully saturated rings. The summed E-state index contributed by atoms with van der Waals surface area (Å²) >= 11 is 0. The minimum absolute atomic E-state index is 0. The highest BCUT2D eigenvalue weighted by Gasteiger charge is 2.17. The number of para-hydroxylation sites is 1. The Kier molecular flexibility index (Phi) is 6.48. The van der Waals surface area contributed by atoms with E-state index in [2.05, 4.69) is 17.4 Å². The van der Waals surface area contributed by atoms with E-state index in [9.17, 15) is 4.79 Å². The van der Waals surface area contributed by atoms with Crippen LogP contribution in [0, 0.1) is 13.8 Å². The van der Waals surface area contributed by atoms with Crippen molar-refractivity contribution >= 4 is 11.6 Å². The molecule has 4 heteroatoms. The fourth-order valence-electron chi connectivity index (χ4n) is 2.83. The highest BCUT2D eigenvalue weighted by molar-refractivity contribution is 5.91. The maximum atomic E-state index is 12.5. The molecule has 25 heavy (non-hydrogen) atoms. The molecule has 1 aromatic heterocycles. The molecule has 0 aliphatic heterocycles. The second-order valence-corrected chi connectivity index (χ2v) is 5.89. The number of halogens is 1. The number of carbonyl (C=O) groups is 1. The Labute approximate surface area is 159 Å². The summed E-state index contributed by atoms with van der Waals surface area (Å²) in [5.74, 6) is -0.0271. The molecule has 0 saturated heterocycles. The van der Waals surface area contributed by atoms with E-state index in [1.807, 2.05) is 79.2 Å². The third-order valence-electron chi connectivity index (χ3n) is 4.07. The van der Waals surface area contributed by atoms with Crippen LogP contribution in [0.15, 0.2) is 72.9 Å². The molecule has 0 bridgehead atoms. The quantitative estimate of drug-likeness (QED) is 0.653. The third kappa shape index (κ3) is 4.54. The lowest BCUT2D eigenvalue weighted by atomic mass is 10.1. The third-order valence-corrected chi connectivity index (χ3v) is 4.07. The number of rotatable bonds is 4. The Morgan fingerprint density at radius 3 is 2.20 bits per heavy atom. The van der Waals surface area contributed by atoms with Crippen molar-refractivity contribution in [2.45, 2.75) is 20.4 Å². The summed E-state index contributed by atoms with van der Waals surface area (Å²) in [6.45, 7) is 4.29. The van der Waals surface area contributed by atoms with E-state index >= 15 is 0 Å². The summed E-state index contributed by atoms with van der Waals surface area (Å²) in [5, 5.41) is 3.05. The predicted molar refractivity (Wildman–Crippen MR) is 96.6 cm³/mol. The molecule has 1 N–H and O–H groups in total. The molecule has 3 aromatic rings. The molecular weight excluding hydrogens is 376 g/mol. The molecule has 1 heterocycles. The van der Waals surface area contributed by atoms with Crippen molar-refractivity contribution in [1.82, 2.24) is 0 Å². The largest absolute Gasteiger partial charge is 1.00 e. The lowest BCUT2D eigenvalue weighted by Crippen LogP contribution is -3.00. The van der Waals surface area contributed by atoms with Gasteiger partial charge in [-0.05, 0) is 43.2 Å². The molecule has 128 valence electrons. The van der Waals surface area contributed by atoms with Gasteiger partial charge < -0.3 is 22.3 Å². The Balaban J connectivity index is 0.00000225. The van der Waals surface area contributed by atoms with Gasteiger partial charge in [-0.15, -0.1) is 0 Å². The molecule has 0 aliphatic rings. The zero-order chi connectivity index (χ0) is 16.9. The maximum Gasteiger partial charge on any atom is 0.290 e. The average molecular weight is 397 g/mol. The van der Waals surface area contributed by atoms with E-state index in [0.29, 0.717) is 0 Å². The zero-order valence-corrected chi connectivity index (χ0v) is 16.0. The number of carbonyl (C=O) groups excluding carboxylic acids is 1. The Bertz CT molecular complexity index is 843. The van der Waals surface area contributed by atoms with E-state index in [4.69, 9.17) is 0 Å². The van der Waals surface area contributed by atoms with Gasteiger partial charge in [0.05, 0.1) is 0 Å². The van der Waals surface area contributed by atoms with Crippen LogP contribution in [0.4, 0.5) is 5.69 Å². The first-order chi connectivity index (χ1) is 11.6. The second kappa shape index (κ2) is 8.58. The minimum Gasteiger partial charge on any atom is -1.00 e. The maximum absolute atomic E-state index is 12.5. The lowest BCUT2D eigenvalue weighted by Gasteiger charge is -2.10. The first-order valence-corrected chi connectivity index (χ1v) is 8.05. The van der Waals surface area contributed by atoms with Crippen LogP contribution in [0.25, 0.3) is 11.3 Å². The predicted octanol–water partition coefficient (Wildman–Crippen LogP) is 0.901. The van der Waals surface area contributed by atoms with Gasteiger partial charge in [-0.3, -0.25) is 4.79 Å². The first kappa shape index (κ1) is 18.9. The van der Waals surface area contributed by atoms with Gasteiger partial charge in [-0.2, -0.15) is 4.57 Å². The van der Waals surface area contributed by atoms with Gasteiger partial charge in [0, 0.05) is 23.4 Å². The first-order valence-electron chi connectivity index (χ1n) is 8.05. The van der Waals surface area contributed by atoms with Gasteiger partial charge in [0.25, 0.3) is 5.91 Å². The number of benzene rings is 2. The highest BCUT2D eigenvalue weighted by Crippen LogP contribution is 2.19. The second-order valence-electron chi connectivity index (χ2n) is 5.89. The summed E-state index contributed by atoms with van der Waals surface area (Å²) in [7, 11) is 0. The van der Waals surface area contributed by atoms with Gasteiger partial charge in [0.15, 0.2) is 6.20 Å². The number of nitrogens with one attached hydrogen (secondary N) is 1. The monoisotopic (exact) mass is 396 g/mol. The number of aromatic nitrogens is 1. The van der Waals surface area contributed by atoms with Crippen molar-refractivity contribution in [2.75, 3.05) is 5.32 Å². The number of amides is 1. The van der Waals surface area contributed by atoms with Crippen LogP contribution in [0.5, 0.6) is 0 Å². The van der Waals surface area contributed by atoms with Gasteiger partial charge in [-0.1, -0.05) is 36.4 Å². The number of anilines is 1. The summed E-state index contributed by atoms with van der Waals surface area (Å²) in [5.41, 5.74) is 5.17. The minimum atomic E-state index is -0.0271. The molecule has 0 aliphatic carbocycles. The number of nitrogens with zero attached hydrogens (tertiary/aromatic N) is 1. The van der Waals surface area contributed by atoms with E-state index in [0.717, 1.165) is 28.1 Å². The van der Waals surface area contributed by atoms with Crippen LogP contribution in [-0.4, -0.2) is 5.91 Å². The van der Waals surface area contributed by atoms with Crippen molar-refractivity contribution in [3.8, 4) is 11.3 Å². The van der Waals surface area contributed by atoms with E-state index in [1.165, 1.54) is 0 Å². The molecule has 2 aromatic carbocycles. The molecule has 3 rings (SSSR count). The van der Waals surface area contributed by atoms with Crippen LogP contribution in [0.1, 0.15) is 11.1 Å². The van der Waals surface area contributed by atoms with Crippen LogP contribution in [0.3, 0.4) is 0 Å². The van der Waals surface area contributed by atoms with Crippen molar-refractivity contribution in [3.05, 3.63) is 84.1 Å². The number of hydrogen-bond donors (Lipinski definition) is 1. The topological polar surface area (TPSA) is 33.0 Å². The number of aryl methyl sites for hydroxylation is 2. The fraction of sp³-hybridized carbons (Fsp3) is 0.143. The van der Waals surface area contributed by atoms with Gasteiger partial charge in [0.2, 0.25) is 12.2 Å². The number of hydrogen-bond acceptors (Lipinski definition) is 1. The smallest absolute Gasteiger partial charge is 0.290 e. The van der Waals surface area contributed by atoms with Crippen LogP contribution in [-0.2, 0) is 11.3 Å². The lowest BCUT2D eigenvalue weighted by molar-refractivity contribution is -0.673. The Hall–Kier alpha value is -2.46. The van der Waals surface area contributed by atoms with E-state index < -0.39 is 0 Å². The van der Waals surface area contributed by atoms with Gasteiger partial charge >= 0.3 is 0 Å². The van der Waals surface area contributed by atoms with Crippen LogP contribution < -0.4 is 26.9 Å². The van der Waals surface area contributed by atoms with Gasteiger partial charge in [-0.25, -0.2) is 0 Å². The van der Waals surface area contributed by atoms with Crippen molar-refractivity contribution < 1.29 is 26.3 Å². The average Bonchev–Trinajstić information content (AvgIpc) is 2.60. The summed E-state index contributed by atoms with van der Waals surface area (Å²) in [4.78, 5) is 12.5. The summed E-state index contributed by atoms with van der Waals surface area (Å²) < 4.78 is 1.97. The number of pyridine rings is 1. The van der Waals surface area contributed by atoms with Crippen molar-refractivity contribution in [3.63, 3.8) is 0 Å². The normalized spacial score (nSPS) is 10.0. The highest BCUT2D eigenvalue weighted by atomic mass is 79.9. The Morgan fingerprint density at radius 2 is 1.52 bits per heavy atom. The molecule has 0 atom stereocenters. The Morgan fingerprint density at radius 1 is 0.880 bits per heavy atom. The molecule has 3 nitrogen and oxygen atoms in total. The van der Waals surface area contributed by atoms with Crippen LogP contribution in [0.2, 0.25) is 0 Å². The van der Waals surface area contributed by atoms with Crippen molar-refractivity contribution in [1.29, 1.82) is 0 Å². The van der Waals surface area contributed by atoms with Crippen molar-refractivity contribution in [2.24, 2.45) is 0 Å². The SMILES string of the molecule is Cc1cccc(C)c1NC(=O)C[n+]1ccccc1-c1ccccc1.[Br-]. The summed E-state index contributed by atoms with van der Waals surface area (Å²) in [6.07, 6.45) is 1.94. The van der Waals surface area contributed by atoms with Gasteiger partial charge in [0.1, 0.15) is 0 Å². The zero-order valence-electron chi connectivity index (χ0n) is 14.4. The molecule has 0 radical (unpaired) electrons. The molecule has 0 saturated carbocycles. The van der Waals surface area contributed by atoms with E-state index in [-0.39, 0.29) is 29.4 Å². The molecule has 0 spiro atoms. The fourth-order valence-corrected chi connectivity index (χ4v) is 2.83.